The zero-order chi connectivity index (χ0) is 24.6. The van der Waals surface area contributed by atoms with Gasteiger partial charge in [0.1, 0.15) is 17.6 Å². The SMILES string of the molecule is CC[C@H]1C(=O)N(C)c2c(cc(NCc3cnn(Cc4ccnc(C(F)(F)F)c4)c3)nc2C)N1C. The fourth-order valence-corrected chi connectivity index (χ4v) is 4.23. The quantitative estimate of drug-likeness (QED) is 0.586. The predicted octanol–water partition coefficient (Wildman–Crippen LogP) is 3.85. The molecule has 0 radical (unpaired) electrons. The third kappa shape index (κ3) is 4.55. The average molecular weight is 474 g/mol. The van der Waals surface area contributed by atoms with Gasteiger partial charge in [-0.3, -0.25) is 14.5 Å². The molecule has 0 saturated carbocycles. The number of aromatic nitrogens is 4. The topological polar surface area (TPSA) is 79.2 Å². The van der Waals surface area contributed by atoms with E-state index >= 15 is 0 Å². The number of hydrogen-bond acceptors (Lipinski definition) is 6. The molecule has 0 aliphatic carbocycles. The van der Waals surface area contributed by atoms with Crippen molar-refractivity contribution in [3.8, 4) is 0 Å². The summed E-state index contributed by atoms with van der Waals surface area (Å²) in [5, 5.41) is 7.54. The fraction of sp³-hybridized carbons (Fsp3) is 0.391. The van der Waals surface area contributed by atoms with Crippen molar-refractivity contribution in [3.05, 3.63) is 59.3 Å². The van der Waals surface area contributed by atoms with Gasteiger partial charge in [0.2, 0.25) is 5.91 Å². The van der Waals surface area contributed by atoms with E-state index in [-0.39, 0.29) is 18.5 Å². The lowest BCUT2D eigenvalue weighted by molar-refractivity contribution is -0.141. The lowest BCUT2D eigenvalue weighted by Crippen LogP contribution is -2.50. The highest BCUT2D eigenvalue weighted by Gasteiger charge is 2.35. The van der Waals surface area contributed by atoms with Crippen LogP contribution in [0.25, 0.3) is 0 Å². The Hall–Kier alpha value is -3.63. The molecule has 4 rings (SSSR count). The molecule has 11 heteroatoms. The zero-order valence-corrected chi connectivity index (χ0v) is 19.4. The number of nitrogens with zero attached hydrogens (tertiary/aromatic N) is 6. The summed E-state index contributed by atoms with van der Waals surface area (Å²) in [4.78, 5) is 24.3. The number of anilines is 3. The van der Waals surface area contributed by atoms with Crippen molar-refractivity contribution in [1.29, 1.82) is 0 Å². The minimum absolute atomic E-state index is 0.0482. The Labute approximate surface area is 195 Å². The highest BCUT2D eigenvalue weighted by molar-refractivity contribution is 6.05. The summed E-state index contributed by atoms with van der Waals surface area (Å²) in [5.74, 6) is 0.712. The first-order valence-corrected chi connectivity index (χ1v) is 10.9. The van der Waals surface area contributed by atoms with E-state index < -0.39 is 11.9 Å². The standard InChI is InChI=1S/C23H26F3N7O/c1-5-17-22(34)32(4)21-14(2)30-20(9-18(21)31(17)3)28-10-16-11-29-33(13-16)12-15-6-7-27-19(8-15)23(24,25)26/h6-9,11,13,17H,5,10,12H2,1-4H3,(H,28,30)/t17-/m0/s1. The molecule has 3 aromatic rings. The molecule has 1 aliphatic heterocycles. The Morgan fingerprint density at radius 1 is 1.18 bits per heavy atom. The fourth-order valence-electron chi connectivity index (χ4n) is 4.23. The second kappa shape index (κ2) is 8.96. The number of alkyl halides is 3. The molecule has 0 bridgehead atoms. The van der Waals surface area contributed by atoms with Gasteiger partial charge in [0, 0.05) is 44.7 Å². The molecular formula is C23H26F3N7O. The van der Waals surface area contributed by atoms with Gasteiger partial charge in [-0.25, -0.2) is 4.98 Å². The third-order valence-corrected chi connectivity index (χ3v) is 5.95. The number of halogens is 3. The zero-order valence-electron chi connectivity index (χ0n) is 19.4. The molecule has 0 saturated heterocycles. The molecule has 1 atom stereocenters. The predicted molar refractivity (Wildman–Crippen MR) is 123 cm³/mol. The van der Waals surface area contributed by atoms with E-state index in [1.807, 2.05) is 31.9 Å². The maximum absolute atomic E-state index is 12.9. The van der Waals surface area contributed by atoms with Crippen LogP contribution >= 0.6 is 0 Å². The van der Waals surface area contributed by atoms with Gasteiger partial charge in [0.15, 0.2) is 0 Å². The smallest absolute Gasteiger partial charge is 0.366 e. The summed E-state index contributed by atoms with van der Waals surface area (Å²) in [6.07, 6.45) is 0.805. The van der Waals surface area contributed by atoms with Crippen LogP contribution < -0.4 is 15.1 Å². The van der Waals surface area contributed by atoms with Gasteiger partial charge in [0.05, 0.1) is 29.8 Å². The van der Waals surface area contributed by atoms with Crippen LogP contribution in [0.3, 0.4) is 0 Å². The number of nitrogens with one attached hydrogen (secondary N) is 1. The Balaban J connectivity index is 1.47. The van der Waals surface area contributed by atoms with Crippen LogP contribution in [-0.4, -0.2) is 45.8 Å². The molecule has 180 valence electrons. The van der Waals surface area contributed by atoms with Crippen molar-refractivity contribution in [2.75, 3.05) is 29.2 Å². The van der Waals surface area contributed by atoms with Crippen molar-refractivity contribution in [2.24, 2.45) is 0 Å². The number of carbonyl (C=O) groups is 1. The highest BCUT2D eigenvalue weighted by atomic mass is 19.4. The van der Waals surface area contributed by atoms with E-state index in [1.165, 1.54) is 6.07 Å². The van der Waals surface area contributed by atoms with Crippen LogP contribution in [0.2, 0.25) is 0 Å². The van der Waals surface area contributed by atoms with Crippen LogP contribution in [0.4, 0.5) is 30.4 Å². The highest BCUT2D eigenvalue weighted by Crippen LogP contribution is 2.38. The number of carbonyl (C=O) groups excluding carboxylic acids is 1. The normalized spacial score (nSPS) is 16.1. The van der Waals surface area contributed by atoms with Crippen molar-refractivity contribution < 1.29 is 18.0 Å². The number of aryl methyl sites for hydroxylation is 1. The minimum atomic E-state index is -4.48. The van der Waals surface area contributed by atoms with Gasteiger partial charge in [-0.1, -0.05) is 6.92 Å². The van der Waals surface area contributed by atoms with E-state index in [0.29, 0.717) is 24.3 Å². The Kier molecular flexibility index (Phi) is 6.20. The summed E-state index contributed by atoms with van der Waals surface area (Å²) >= 11 is 0. The summed E-state index contributed by atoms with van der Waals surface area (Å²) in [7, 11) is 3.68. The molecule has 0 fully saturated rings. The maximum atomic E-state index is 12.9. The van der Waals surface area contributed by atoms with Crippen LogP contribution in [0.5, 0.6) is 0 Å². The number of pyridine rings is 2. The van der Waals surface area contributed by atoms with Gasteiger partial charge in [-0.2, -0.15) is 18.3 Å². The molecule has 1 N–H and O–H groups in total. The van der Waals surface area contributed by atoms with Gasteiger partial charge in [0.25, 0.3) is 0 Å². The van der Waals surface area contributed by atoms with Gasteiger partial charge in [-0.15, -0.1) is 0 Å². The third-order valence-electron chi connectivity index (χ3n) is 5.95. The maximum Gasteiger partial charge on any atom is 0.433 e. The van der Waals surface area contributed by atoms with Gasteiger partial charge >= 0.3 is 6.18 Å². The first-order valence-electron chi connectivity index (χ1n) is 10.9. The average Bonchev–Trinajstić information content (AvgIpc) is 3.23. The lowest BCUT2D eigenvalue weighted by atomic mass is 10.0. The molecule has 4 heterocycles. The summed E-state index contributed by atoms with van der Waals surface area (Å²) < 4.78 is 40.3. The van der Waals surface area contributed by atoms with E-state index in [2.05, 4.69) is 20.4 Å². The number of rotatable bonds is 6. The second-order valence-electron chi connectivity index (χ2n) is 8.34. The van der Waals surface area contributed by atoms with Crippen LogP contribution in [0.1, 0.15) is 35.9 Å². The lowest BCUT2D eigenvalue weighted by Gasteiger charge is -2.40. The monoisotopic (exact) mass is 473 g/mol. The van der Waals surface area contributed by atoms with Crippen molar-refractivity contribution in [1.82, 2.24) is 19.7 Å². The number of amides is 1. The van der Waals surface area contributed by atoms with Crippen LogP contribution in [0, 0.1) is 6.92 Å². The number of fused-ring (bicyclic) bond motifs is 1. The first-order chi connectivity index (χ1) is 16.1. The summed E-state index contributed by atoms with van der Waals surface area (Å²) in [6.45, 7) is 4.49. The van der Waals surface area contributed by atoms with E-state index in [0.717, 1.165) is 34.9 Å². The molecule has 0 aromatic carbocycles. The molecular weight excluding hydrogens is 447 g/mol. The molecule has 8 nitrogen and oxygen atoms in total. The molecule has 0 unspecified atom stereocenters. The molecule has 1 aliphatic rings. The second-order valence-corrected chi connectivity index (χ2v) is 8.34. The Morgan fingerprint density at radius 3 is 2.65 bits per heavy atom. The van der Waals surface area contributed by atoms with E-state index in [1.54, 1.807) is 29.0 Å². The van der Waals surface area contributed by atoms with Gasteiger partial charge in [-0.05, 0) is 31.0 Å². The Morgan fingerprint density at radius 2 is 1.94 bits per heavy atom. The van der Waals surface area contributed by atoms with E-state index in [4.69, 9.17) is 0 Å². The molecule has 3 aromatic heterocycles. The minimum Gasteiger partial charge on any atom is -0.366 e. The number of hydrogen-bond donors (Lipinski definition) is 1. The van der Waals surface area contributed by atoms with E-state index in [9.17, 15) is 18.0 Å². The summed E-state index contributed by atoms with van der Waals surface area (Å²) in [6, 6.07) is 4.27. The Bertz CT molecular complexity index is 1210. The van der Waals surface area contributed by atoms with Crippen LogP contribution in [-0.2, 0) is 24.1 Å². The summed E-state index contributed by atoms with van der Waals surface area (Å²) in [5.41, 5.74) is 2.86. The molecule has 34 heavy (non-hydrogen) atoms. The van der Waals surface area contributed by atoms with Gasteiger partial charge < -0.3 is 15.1 Å². The van der Waals surface area contributed by atoms with Crippen molar-refractivity contribution in [3.63, 3.8) is 0 Å². The van der Waals surface area contributed by atoms with Crippen molar-refractivity contribution in [2.45, 2.75) is 45.6 Å². The first kappa shape index (κ1) is 23.5. The van der Waals surface area contributed by atoms with Crippen molar-refractivity contribution >= 4 is 23.1 Å². The van der Waals surface area contributed by atoms with Crippen LogP contribution in [0.15, 0.2) is 36.8 Å². The largest absolute Gasteiger partial charge is 0.433 e. The number of likely N-dealkylation sites (N-methyl/N-ethyl adjacent to an activating group) is 2. The molecule has 1 amide bonds. The molecule has 0 spiro atoms.